The Bertz CT molecular complexity index is 169. The smallest absolute Gasteiger partial charge is 0.189 e. The molecular weight excluding hydrogens is 90.1 g/mol. The fraction of sp³-hybridized carbons (Fsp3) is 0. The Morgan fingerprint density at radius 2 is 2.57 bits per heavy atom. The molecule has 0 radical (unpaired) electrons. The second-order valence-corrected chi connectivity index (χ2v) is 1.07. The van der Waals surface area contributed by atoms with Crippen LogP contribution in [0.4, 0.5) is 0 Å². The fourth-order valence-corrected chi connectivity index (χ4v) is 0.318. The maximum absolute atomic E-state index is 8.10. The summed E-state index contributed by atoms with van der Waals surface area (Å²) < 4.78 is 1.32. The van der Waals surface area contributed by atoms with E-state index in [0.717, 1.165) is 0 Å². The van der Waals surface area contributed by atoms with Gasteiger partial charge in [-0.05, 0) is 0 Å². The predicted molar refractivity (Wildman–Crippen MR) is 23.2 cm³/mol. The zero-order chi connectivity index (χ0) is 5.11. The molecule has 1 rings (SSSR count). The van der Waals surface area contributed by atoms with Gasteiger partial charge in [0.05, 0.1) is 0 Å². The van der Waals surface area contributed by atoms with Crippen molar-refractivity contribution in [3.8, 4) is 6.19 Å². The summed E-state index contributed by atoms with van der Waals surface area (Å²) in [6, 6.07) is 0. The largest absolute Gasteiger partial charge is 0.244 e. The SMILES string of the molecule is N#Cn1ccnc1. The highest BCUT2D eigenvalue weighted by Crippen LogP contribution is 1.76. The molecule has 0 aliphatic heterocycles. The lowest BCUT2D eigenvalue weighted by Gasteiger charge is -1.72. The Hall–Kier alpha value is -1.30. The average Bonchev–Trinajstić information content (AvgIpc) is 2.14. The van der Waals surface area contributed by atoms with Gasteiger partial charge >= 0.3 is 0 Å². The third-order valence-corrected chi connectivity index (χ3v) is 0.620. The molecule has 34 valence electrons. The highest BCUT2D eigenvalue weighted by Gasteiger charge is 1.76. The Morgan fingerprint density at radius 1 is 1.71 bits per heavy atom. The number of nitrogens with zero attached hydrogens (tertiary/aromatic N) is 3. The molecule has 0 aliphatic carbocycles. The number of rotatable bonds is 0. The van der Waals surface area contributed by atoms with Gasteiger partial charge in [-0.2, -0.15) is 5.26 Å². The second kappa shape index (κ2) is 1.43. The molecule has 1 aromatic heterocycles. The van der Waals surface area contributed by atoms with E-state index >= 15 is 0 Å². The van der Waals surface area contributed by atoms with Crippen molar-refractivity contribution in [2.45, 2.75) is 0 Å². The molecule has 3 nitrogen and oxygen atoms in total. The Morgan fingerprint density at radius 3 is 2.86 bits per heavy atom. The van der Waals surface area contributed by atoms with Crippen LogP contribution in [0, 0.1) is 11.5 Å². The fourth-order valence-electron chi connectivity index (χ4n) is 0.318. The normalized spacial score (nSPS) is 7.86. The molecule has 0 aliphatic rings. The van der Waals surface area contributed by atoms with Crippen molar-refractivity contribution in [3.05, 3.63) is 18.7 Å². The first-order chi connectivity index (χ1) is 3.43. The summed E-state index contributed by atoms with van der Waals surface area (Å²) in [5.74, 6) is 0. The highest BCUT2D eigenvalue weighted by molar-refractivity contribution is 4.85. The lowest BCUT2D eigenvalue weighted by atomic mass is 10.9. The minimum Gasteiger partial charge on any atom is -0.244 e. The first-order valence-corrected chi connectivity index (χ1v) is 1.81. The minimum absolute atomic E-state index is 1.32. The van der Waals surface area contributed by atoms with Gasteiger partial charge in [0.25, 0.3) is 0 Å². The molecule has 0 unspecified atom stereocenters. The first kappa shape index (κ1) is 3.88. The molecule has 0 saturated carbocycles. The molecule has 0 fully saturated rings. The Balaban J connectivity index is 3.04. The molecule has 0 aromatic carbocycles. The molecule has 1 heterocycles. The molecule has 7 heavy (non-hydrogen) atoms. The van der Waals surface area contributed by atoms with E-state index in [2.05, 4.69) is 4.98 Å². The number of nitriles is 1. The topological polar surface area (TPSA) is 41.6 Å². The van der Waals surface area contributed by atoms with E-state index in [-0.39, 0.29) is 0 Å². The van der Waals surface area contributed by atoms with Crippen LogP contribution in [0.3, 0.4) is 0 Å². The van der Waals surface area contributed by atoms with E-state index in [9.17, 15) is 0 Å². The summed E-state index contributed by atoms with van der Waals surface area (Å²) >= 11 is 0. The van der Waals surface area contributed by atoms with Crippen LogP contribution in [0.2, 0.25) is 0 Å². The quantitative estimate of drug-likeness (QED) is 0.460. The van der Waals surface area contributed by atoms with E-state index in [1.165, 1.54) is 10.9 Å². The first-order valence-electron chi connectivity index (χ1n) is 1.81. The Labute approximate surface area is 40.8 Å². The average molecular weight is 93.1 g/mol. The molecule has 0 saturated heterocycles. The van der Waals surface area contributed by atoms with Crippen molar-refractivity contribution >= 4 is 0 Å². The van der Waals surface area contributed by atoms with Crippen molar-refractivity contribution in [2.75, 3.05) is 0 Å². The van der Waals surface area contributed by atoms with Crippen LogP contribution in [0.15, 0.2) is 18.7 Å². The summed E-state index contributed by atoms with van der Waals surface area (Å²) in [6.45, 7) is 0. The van der Waals surface area contributed by atoms with Crippen molar-refractivity contribution in [1.82, 2.24) is 9.55 Å². The van der Waals surface area contributed by atoms with E-state index in [1.807, 2.05) is 6.19 Å². The van der Waals surface area contributed by atoms with Crippen molar-refractivity contribution in [1.29, 1.82) is 5.26 Å². The standard InChI is InChI=1S/C4H3N3/c5-3-7-2-1-6-4-7/h1-2,4H. The lowest BCUT2D eigenvalue weighted by molar-refractivity contribution is 1.08. The van der Waals surface area contributed by atoms with E-state index in [4.69, 9.17) is 5.26 Å². The van der Waals surface area contributed by atoms with Gasteiger partial charge < -0.3 is 0 Å². The van der Waals surface area contributed by atoms with Crippen LogP contribution >= 0.6 is 0 Å². The predicted octanol–water partition coefficient (Wildman–Crippen LogP) is 0.212. The molecule has 3 heteroatoms. The van der Waals surface area contributed by atoms with Gasteiger partial charge in [0.1, 0.15) is 6.33 Å². The number of imidazole rings is 1. The zero-order valence-corrected chi connectivity index (χ0v) is 3.57. The van der Waals surface area contributed by atoms with Crippen molar-refractivity contribution < 1.29 is 0 Å². The molecule has 0 N–H and O–H groups in total. The summed E-state index contributed by atoms with van der Waals surface area (Å²) in [7, 11) is 0. The van der Waals surface area contributed by atoms with Gasteiger partial charge in [0.2, 0.25) is 0 Å². The van der Waals surface area contributed by atoms with Crippen LogP contribution < -0.4 is 0 Å². The summed E-state index contributed by atoms with van der Waals surface area (Å²) in [6.07, 6.45) is 6.45. The zero-order valence-electron chi connectivity index (χ0n) is 3.57. The third-order valence-electron chi connectivity index (χ3n) is 0.620. The van der Waals surface area contributed by atoms with Crippen LogP contribution in [-0.2, 0) is 0 Å². The Kier molecular flexibility index (Phi) is 0.794. The maximum atomic E-state index is 8.10. The van der Waals surface area contributed by atoms with Gasteiger partial charge in [-0.15, -0.1) is 0 Å². The molecular formula is C4H3N3. The lowest BCUT2D eigenvalue weighted by Crippen LogP contribution is -1.77. The van der Waals surface area contributed by atoms with Crippen LogP contribution in [0.25, 0.3) is 0 Å². The van der Waals surface area contributed by atoms with Crippen molar-refractivity contribution in [3.63, 3.8) is 0 Å². The molecule has 1 aromatic rings. The van der Waals surface area contributed by atoms with E-state index in [0.29, 0.717) is 0 Å². The molecule has 0 bridgehead atoms. The van der Waals surface area contributed by atoms with E-state index < -0.39 is 0 Å². The van der Waals surface area contributed by atoms with Crippen molar-refractivity contribution in [2.24, 2.45) is 0 Å². The molecule has 0 atom stereocenters. The maximum Gasteiger partial charge on any atom is 0.189 e. The van der Waals surface area contributed by atoms with Gasteiger partial charge in [-0.3, -0.25) is 0 Å². The third kappa shape index (κ3) is 0.578. The van der Waals surface area contributed by atoms with Gasteiger partial charge in [-0.25, -0.2) is 9.55 Å². The number of hydrogen-bond acceptors (Lipinski definition) is 2. The molecule has 0 spiro atoms. The second-order valence-electron chi connectivity index (χ2n) is 1.07. The summed E-state index contributed by atoms with van der Waals surface area (Å²) in [4.78, 5) is 3.63. The van der Waals surface area contributed by atoms with Gasteiger partial charge in [0.15, 0.2) is 6.19 Å². The highest BCUT2D eigenvalue weighted by atomic mass is 15.0. The number of aromatic nitrogens is 2. The van der Waals surface area contributed by atoms with Gasteiger partial charge in [0, 0.05) is 12.4 Å². The summed E-state index contributed by atoms with van der Waals surface area (Å²) in [5, 5.41) is 8.10. The monoisotopic (exact) mass is 93.0 g/mol. The minimum atomic E-state index is 1.32. The summed E-state index contributed by atoms with van der Waals surface area (Å²) in [5.41, 5.74) is 0. The van der Waals surface area contributed by atoms with Crippen LogP contribution in [-0.4, -0.2) is 9.55 Å². The number of hydrogen-bond donors (Lipinski definition) is 0. The van der Waals surface area contributed by atoms with E-state index in [1.54, 1.807) is 12.4 Å². The van der Waals surface area contributed by atoms with Crippen LogP contribution in [0.1, 0.15) is 0 Å². The van der Waals surface area contributed by atoms with Gasteiger partial charge in [-0.1, -0.05) is 0 Å². The molecule has 0 amide bonds. The van der Waals surface area contributed by atoms with Crippen LogP contribution in [0.5, 0.6) is 0 Å².